The minimum atomic E-state index is -1.26. The number of H-pyrrole nitrogens is 1. The number of rotatable bonds is 3. The predicted molar refractivity (Wildman–Crippen MR) is 90.5 cm³/mol. The van der Waals surface area contributed by atoms with Gasteiger partial charge in [0, 0.05) is 0 Å². The Labute approximate surface area is 147 Å². The van der Waals surface area contributed by atoms with E-state index in [2.05, 4.69) is 25.7 Å². The molecule has 3 aromatic rings. The van der Waals surface area contributed by atoms with Crippen LogP contribution in [0.15, 0.2) is 48.8 Å². The molecule has 4 rings (SSSR count). The number of carbonyl (C=O) groups excluding carboxylic acids is 3. The molecule has 0 saturated carbocycles. The standard InChI is InChI=1S/C17H14N6O3/c1-17(10-5-3-2-4-6-10)15(25)23(16(26)21-17)22-14(24)12-8-7-11-13(20-12)19-9-18-11/h2-9H,1H3,(H,21,26)(H,22,24)(H,18,19,20). The third-order valence-corrected chi connectivity index (χ3v) is 4.27. The molecule has 0 radical (unpaired) electrons. The molecule has 9 heteroatoms. The summed E-state index contributed by atoms with van der Waals surface area (Å²) in [5.41, 5.74) is 2.75. The van der Waals surface area contributed by atoms with Gasteiger partial charge in [-0.05, 0) is 24.6 Å². The minimum Gasteiger partial charge on any atom is -0.343 e. The molecule has 0 aliphatic carbocycles. The highest BCUT2D eigenvalue weighted by Gasteiger charge is 2.50. The molecule has 1 fully saturated rings. The number of fused-ring (bicyclic) bond motifs is 1. The zero-order chi connectivity index (χ0) is 18.3. The number of imidazole rings is 1. The highest BCUT2D eigenvalue weighted by Crippen LogP contribution is 2.27. The summed E-state index contributed by atoms with van der Waals surface area (Å²) in [6, 6.07) is 11.2. The maximum Gasteiger partial charge on any atom is 0.344 e. The zero-order valence-corrected chi connectivity index (χ0v) is 13.7. The van der Waals surface area contributed by atoms with Gasteiger partial charge in [0.05, 0.1) is 11.8 Å². The number of hydrogen-bond acceptors (Lipinski definition) is 5. The van der Waals surface area contributed by atoms with Crippen molar-refractivity contribution in [2.24, 2.45) is 0 Å². The average Bonchev–Trinajstić information content (AvgIpc) is 3.20. The van der Waals surface area contributed by atoms with Crippen LogP contribution in [0, 0.1) is 0 Å². The van der Waals surface area contributed by atoms with Crippen molar-refractivity contribution < 1.29 is 14.4 Å². The van der Waals surface area contributed by atoms with Crippen molar-refractivity contribution in [2.45, 2.75) is 12.5 Å². The van der Waals surface area contributed by atoms with Gasteiger partial charge in [0.25, 0.3) is 11.8 Å². The Kier molecular flexibility index (Phi) is 3.43. The number of nitrogens with zero attached hydrogens (tertiary/aromatic N) is 3. The molecule has 3 N–H and O–H groups in total. The van der Waals surface area contributed by atoms with E-state index >= 15 is 0 Å². The van der Waals surface area contributed by atoms with Crippen LogP contribution in [-0.4, -0.2) is 37.8 Å². The first-order chi connectivity index (χ1) is 12.5. The summed E-state index contributed by atoms with van der Waals surface area (Å²) < 4.78 is 0. The molecule has 4 amide bonds. The summed E-state index contributed by atoms with van der Waals surface area (Å²) in [7, 11) is 0. The van der Waals surface area contributed by atoms with Crippen LogP contribution < -0.4 is 10.7 Å². The number of aromatic amines is 1. The van der Waals surface area contributed by atoms with Gasteiger partial charge in [-0.15, -0.1) is 0 Å². The summed E-state index contributed by atoms with van der Waals surface area (Å²) >= 11 is 0. The number of pyridine rings is 1. The molecule has 1 aliphatic rings. The summed E-state index contributed by atoms with van der Waals surface area (Å²) in [5, 5.41) is 3.29. The molecule has 1 aliphatic heterocycles. The number of carbonyl (C=O) groups is 3. The Morgan fingerprint density at radius 1 is 1.15 bits per heavy atom. The number of hydrazine groups is 1. The van der Waals surface area contributed by atoms with Gasteiger partial charge in [-0.3, -0.25) is 15.0 Å². The van der Waals surface area contributed by atoms with Crippen LogP contribution in [0.1, 0.15) is 23.0 Å². The molecule has 3 heterocycles. The fourth-order valence-electron chi connectivity index (χ4n) is 2.82. The third-order valence-electron chi connectivity index (χ3n) is 4.27. The molecule has 1 unspecified atom stereocenters. The maximum atomic E-state index is 12.8. The Hall–Kier alpha value is -3.75. The van der Waals surface area contributed by atoms with Crippen LogP contribution in [0.25, 0.3) is 11.2 Å². The number of amides is 4. The molecule has 1 aromatic carbocycles. The number of urea groups is 1. The smallest absolute Gasteiger partial charge is 0.343 e. The van der Waals surface area contributed by atoms with Crippen molar-refractivity contribution >= 4 is 29.0 Å². The monoisotopic (exact) mass is 350 g/mol. The summed E-state index contributed by atoms with van der Waals surface area (Å²) in [5.74, 6) is -1.27. The van der Waals surface area contributed by atoms with Crippen LogP contribution in [0.4, 0.5) is 4.79 Å². The van der Waals surface area contributed by atoms with Crippen molar-refractivity contribution in [1.82, 2.24) is 30.7 Å². The van der Waals surface area contributed by atoms with E-state index in [9.17, 15) is 14.4 Å². The largest absolute Gasteiger partial charge is 0.344 e. The first kappa shape index (κ1) is 15.8. The number of imide groups is 1. The van der Waals surface area contributed by atoms with Gasteiger partial charge in [0.15, 0.2) is 5.65 Å². The van der Waals surface area contributed by atoms with E-state index in [1.165, 1.54) is 12.4 Å². The molecule has 1 atom stereocenters. The number of benzene rings is 1. The Morgan fingerprint density at radius 3 is 2.69 bits per heavy atom. The van der Waals surface area contributed by atoms with Gasteiger partial charge in [0.2, 0.25) is 0 Å². The van der Waals surface area contributed by atoms with Crippen molar-refractivity contribution in [2.75, 3.05) is 0 Å². The topological polar surface area (TPSA) is 120 Å². The lowest BCUT2D eigenvalue weighted by atomic mass is 9.92. The Morgan fingerprint density at radius 2 is 1.92 bits per heavy atom. The quantitative estimate of drug-likeness (QED) is 0.610. The van der Waals surface area contributed by atoms with Crippen molar-refractivity contribution in [3.8, 4) is 0 Å². The molecule has 0 spiro atoms. The number of aromatic nitrogens is 3. The van der Waals surface area contributed by atoms with E-state index in [0.29, 0.717) is 21.7 Å². The second-order valence-electron chi connectivity index (χ2n) is 5.97. The molecule has 130 valence electrons. The lowest BCUT2D eigenvalue weighted by molar-refractivity contribution is -0.132. The molecular formula is C17H14N6O3. The summed E-state index contributed by atoms with van der Waals surface area (Å²) in [6.45, 7) is 1.59. The van der Waals surface area contributed by atoms with E-state index < -0.39 is 23.4 Å². The van der Waals surface area contributed by atoms with Crippen LogP contribution in [0.5, 0.6) is 0 Å². The van der Waals surface area contributed by atoms with Gasteiger partial charge >= 0.3 is 6.03 Å². The molecule has 0 bridgehead atoms. The number of nitrogens with one attached hydrogen (secondary N) is 3. The van der Waals surface area contributed by atoms with E-state index in [4.69, 9.17) is 0 Å². The molecule has 9 nitrogen and oxygen atoms in total. The molecule has 26 heavy (non-hydrogen) atoms. The lowest BCUT2D eigenvalue weighted by Crippen LogP contribution is -2.48. The second-order valence-corrected chi connectivity index (χ2v) is 5.97. The van der Waals surface area contributed by atoms with Gasteiger partial charge in [-0.2, -0.15) is 5.01 Å². The second kappa shape index (κ2) is 5.66. The molecule has 1 saturated heterocycles. The minimum absolute atomic E-state index is 0.0403. The van der Waals surface area contributed by atoms with Gasteiger partial charge in [0.1, 0.15) is 11.2 Å². The fourth-order valence-corrected chi connectivity index (χ4v) is 2.82. The highest BCUT2D eigenvalue weighted by atomic mass is 16.2. The highest BCUT2D eigenvalue weighted by molar-refractivity contribution is 6.09. The lowest BCUT2D eigenvalue weighted by Gasteiger charge is -2.22. The fraction of sp³-hybridized carbons (Fsp3) is 0.118. The first-order valence-electron chi connectivity index (χ1n) is 7.82. The van der Waals surface area contributed by atoms with E-state index in [0.717, 1.165) is 0 Å². The van der Waals surface area contributed by atoms with Gasteiger partial charge in [-0.25, -0.2) is 14.8 Å². The summed E-state index contributed by atoms with van der Waals surface area (Å²) in [4.78, 5) is 48.4. The zero-order valence-electron chi connectivity index (χ0n) is 13.7. The van der Waals surface area contributed by atoms with Crippen molar-refractivity contribution in [3.05, 3.63) is 60.0 Å². The predicted octanol–water partition coefficient (Wildman–Crippen LogP) is 1.07. The third kappa shape index (κ3) is 2.37. The first-order valence-corrected chi connectivity index (χ1v) is 7.82. The van der Waals surface area contributed by atoms with Gasteiger partial charge in [-0.1, -0.05) is 30.3 Å². The molecule has 2 aromatic heterocycles. The van der Waals surface area contributed by atoms with Crippen LogP contribution in [0.2, 0.25) is 0 Å². The summed E-state index contributed by atoms with van der Waals surface area (Å²) in [6.07, 6.45) is 1.46. The van der Waals surface area contributed by atoms with Crippen LogP contribution in [0.3, 0.4) is 0 Å². The Balaban J connectivity index is 1.59. The number of hydrogen-bond donors (Lipinski definition) is 3. The van der Waals surface area contributed by atoms with E-state index in [1.807, 2.05) is 6.07 Å². The van der Waals surface area contributed by atoms with Crippen molar-refractivity contribution in [3.63, 3.8) is 0 Å². The van der Waals surface area contributed by atoms with Crippen LogP contribution in [-0.2, 0) is 10.3 Å². The van der Waals surface area contributed by atoms with E-state index in [-0.39, 0.29) is 5.69 Å². The maximum absolute atomic E-state index is 12.8. The average molecular weight is 350 g/mol. The Bertz CT molecular complexity index is 1030. The normalized spacial score (nSPS) is 19.7. The van der Waals surface area contributed by atoms with E-state index in [1.54, 1.807) is 37.3 Å². The SMILES string of the molecule is CC1(c2ccccc2)NC(=O)N(NC(=O)c2ccc3[nH]cnc3n2)C1=O. The van der Waals surface area contributed by atoms with Gasteiger partial charge < -0.3 is 10.3 Å². The van der Waals surface area contributed by atoms with Crippen LogP contribution >= 0.6 is 0 Å². The van der Waals surface area contributed by atoms with Crippen molar-refractivity contribution in [1.29, 1.82) is 0 Å². The molecular weight excluding hydrogens is 336 g/mol.